The van der Waals surface area contributed by atoms with E-state index in [2.05, 4.69) is 60.2 Å². The fraction of sp³-hybridized carbons (Fsp3) is 0.708. The lowest BCUT2D eigenvalue weighted by Crippen LogP contribution is -2.47. The zero-order valence-electron chi connectivity index (χ0n) is 19.1. The molecule has 2 aliphatic rings. The Hall–Kier alpha value is -0.860. The highest BCUT2D eigenvalue weighted by molar-refractivity contribution is 14.0. The standard InChI is InChI=1S/C24H40N4O.HI/c1-4-25-24(27-16-13-23(14-17-27)29-5-2)26-18-21-9-11-22(12-10-21)19-28-15-7-6-8-20(28)3;/h9-12,20,23H,4-8,13-19H2,1-3H3,(H,25,26);1H. The van der Waals surface area contributed by atoms with Gasteiger partial charge in [-0.3, -0.25) is 4.90 Å². The van der Waals surface area contributed by atoms with Gasteiger partial charge in [-0.2, -0.15) is 0 Å². The maximum atomic E-state index is 5.78. The maximum absolute atomic E-state index is 5.78. The molecular formula is C24H41IN4O. The maximum Gasteiger partial charge on any atom is 0.194 e. The van der Waals surface area contributed by atoms with Crippen LogP contribution in [0, 0.1) is 0 Å². The average molecular weight is 529 g/mol. The van der Waals surface area contributed by atoms with Crippen LogP contribution in [0.5, 0.6) is 0 Å². The highest BCUT2D eigenvalue weighted by atomic mass is 127. The van der Waals surface area contributed by atoms with Crippen molar-refractivity contribution in [3.8, 4) is 0 Å². The molecule has 30 heavy (non-hydrogen) atoms. The van der Waals surface area contributed by atoms with Crippen LogP contribution in [-0.4, -0.2) is 60.7 Å². The molecule has 0 amide bonds. The van der Waals surface area contributed by atoms with Gasteiger partial charge < -0.3 is 15.0 Å². The lowest BCUT2D eigenvalue weighted by Gasteiger charge is -2.34. The molecule has 6 heteroatoms. The first-order chi connectivity index (χ1) is 14.2. The summed E-state index contributed by atoms with van der Waals surface area (Å²) >= 11 is 0. The number of nitrogens with one attached hydrogen (secondary N) is 1. The molecule has 2 heterocycles. The summed E-state index contributed by atoms with van der Waals surface area (Å²) in [6.07, 6.45) is 6.64. The van der Waals surface area contributed by atoms with Crippen molar-refractivity contribution in [1.82, 2.24) is 15.1 Å². The number of piperidine rings is 2. The molecule has 1 N–H and O–H groups in total. The second kappa shape index (κ2) is 13.5. The molecule has 0 aliphatic carbocycles. The highest BCUT2D eigenvalue weighted by Gasteiger charge is 2.21. The summed E-state index contributed by atoms with van der Waals surface area (Å²) in [7, 11) is 0. The Balaban J connectivity index is 0.00000320. The Morgan fingerprint density at radius 1 is 1.03 bits per heavy atom. The molecule has 0 aromatic heterocycles. The van der Waals surface area contributed by atoms with E-state index in [1.165, 1.54) is 36.9 Å². The van der Waals surface area contributed by atoms with E-state index in [0.29, 0.717) is 12.1 Å². The van der Waals surface area contributed by atoms with E-state index in [9.17, 15) is 0 Å². The van der Waals surface area contributed by atoms with Crippen LogP contribution in [0.3, 0.4) is 0 Å². The van der Waals surface area contributed by atoms with Crippen molar-refractivity contribution in [2.45, 2.75) is 78.1 Å². The Morgan fingerprint density at radius 3 is 2.37 bits per heavy atom. The smallest absolute Gasteiger partial charge is 0.194 e. The minimum absolute atomic E-state index is 0. The van der Waals surface area contributed by atoms with Crippen molar-refractivity contribution in [2.24, 2.45) is 4.99 Å². The average Bonchev–Trinajstić information content (AvgIpc) is 2.75. The van der Waals surface area contributed by atoms with Crippen LogP contribution in [0.4, 0.5) is 0 Å². The van der Waals surface area contributed by atoms with E-state index < -0.39 is 0 Å². The first-order valence-corrected chi connectivity index (χ1v) is 11.7. The zero-order valence-corrected chi connectivity index (χ0v) is 21.4. The first-order valence-electron chi connectivity index (χ1n) is 11.7. The minimum Gasteiger partial charge on any atom is -0.378 e. The third kappa shape index (κ3) is 7.68. The van der Waals surface area contributed by atoms with Gasteiger partial charge in [0.15, 0.2) is 5.96 Å². The van der Waals surface area contributed by atoms with Gasteiger partial charge in [0.05, 0.1) is 12.6 Å². The zero-order chi connectivity index (χ0) is 20.5. The quantitative estimate of drug-likeness (QED) is 0.318. The van der Waals surface area contributed by atoms with Crippen molar-refractivity contribution in [3.05, 3.63) is 35.4 Å². The molecular weight excluding hydrogens is 487 g/mol. The number of rotatable bonds is 7. The van der Waals surface area contributed by atoms with Crippen molar-refractivity contribution >= 4 is 29.9 Å². The largest absolute Gasteiger partial charge is 0.378 e. The number of hydrogen-bond donors (Lipinski definition) is 1. The summed E-state index contributed by atoms with van der Waals surface area (Å²) in [5.74, 6) is 1.04. The van der Waals surface area contributed by atoms with Crippen molar-refractivity contribution in [1.29, 1.82) is 0 Å². The Labute approximate surface area is 200 Å². The van der Waals surface area contributed by atoms with Crippen molar-refractivity contribution < 1.29 is 4.74 Å². The van der Waals surface area contributed by atoms with Crippen LogP contribution in [0.15, 0.2) is 29.3 Å². The molecule has 1 atom stereocenters. The Morgan fingerprint density at radius 2 is 1.73 bits per heavy atom. The summed E-state index contributed by atoms with van der Waals surface area (Å²) in [5.41, 5.74) is 2.69. The molecule has 0 bridgehead atoms. The lowest BCUT2D eigenvalue weighted by atomic mass is 10.0. The van der Waals surface area contributed by atoms with Crippen LogP contribution < -0.4 is 5.32 Å². The van der Waals surface area contributed by atoms with Gasteiger partial charge in [0.1, 0.15) is 0 Å². The first kappa shape index (κ1) is 25.4. The van der Waals surface area contributed by atoms with Gasteiger partial charge in [-0.05, 0) is 64.1 Å². The Kier molecular flexibility index (Phi) is 11.5. The highest BCUT2D eigenvalue weighted by Crippen LogP contribution is 2.19. The summed E-state index contributed by atoms with van der Waals surface area (Å²) in [6.45, 7) is 13.4. The van der Waals surface area contributed by atoms with E-state index in [1.807, 2.05) is 0 Å². The molecule has 0 radical (unpaired) electrons. The SMILES string of the molecule is CCNC(=NCc1ccc(CN2CCCCC2C)cc1)N1CCC(OCC)CC1.I. The number of benzene rings is 1. The molecule has 2 aliphatic heterocycles. The third-order valence-corrected chi connectivity index (χ3v) is 6.24. The molecule has 0 saturated carbocycles. The number of hydrogen-bond acceptors (Lipinski definition) is 3. The number of nitrogens with zero attached hydrogens (tertiary/aromatic N) is 3. The second-order valence-electron chi connectivity index (χ2n) is 8.44. The number of likely N-dealkylation sites (tertiary alicyclic amines) is 2. The van der Waals surface area contributed by atoms with E-state index in [1.54, 1.807) is 0 Å². The third-order valence-electron chi connectivity index (χ3n) is 6.24. The van der Waals surface area contributed by atoms with Gasteiger partial charge in [-0.25, -0.2) is 4.99 Å². The van der Waals surface area contributed by atoms with Crippen LogP contribution in [0.2, 0.25) is 0 Å². The molecule has 1 unspecified atom stereocenters. The predicted octanol–water partition coefficient (Wildman–Crippen LogP) is 4.65. The van der Waals surface area contributed by atoms with Crippen LogP contribution in [-0.2, 0) is 17.8 Å². The number of guanidine groups is 1. The summed E-state index contributed by atoms with van der Waals surface area (Å²) in [4.78, 5) is 9.91. The summed E-state index contributed by atoms with van der Waals surface area (Å²) in [6, 6.07) is 9.78. The van der Waals surface area contributed by atoms with Gasteiger partial charge in [0.2, 0.25) is 0 Å². The Bertz CT molecular complexity index is 629. The fourth-order valence-corrected chi connectivity index (χ4v) is 4.44. The second-order valence-corrected chi connectivity index (χ2v) is 8.44. The van der Waals surface area contributed by atoms with Crippen molar-refractivity contribution in [2.75, 3.05) is 32.8 Å². The van der Waals surface area contributed by atoms with Crippen LogP contribution in [0.1, 0.15) is 64.0 Å². The summed E-state index contributed by atoms with van der Waals surface area (Å²) < 4.78 is 5.78. The monoisotopic (exact) mass is 528 g/mol. The number of ether oxygens (including phenoxy) is 1. The van der Waals surface area contributed by atoms with Gasteiger partial charge in [-0.15, -0.1) is 24.0 Å². The molecule has 170 valence electrons. The van der Waals surface area contributed by atoms with E-state index in [0.717, 1.165) is 58.1 Å². The van der Waals surface area contributed by atoms with Gasteiger partial charge in [-0.1, -0.05) is 30.7 Å². The summed E-state index contributed by atoms with van der Waals surface area (Å²) in [5, 5.41) is 3.47. The number of aliphatic imine (C=N–C) groups is 1. The minimum atomic E-state index is 0. The lowest BCUT2D eigenvalue weighted by molar-refractivity contribution is 0.0263. The van der Waals surface area contributed by atoms with Crippen LogP contribution >= 0.6 is 24.0 Å². The van der Waals surface area contributed by atoms with Gasteiger partial charge in [0, 0.05) is 38.8 Å². The predicted molar refractivity (Wildman–Crippen MR) is 137 cm³/mol. The van der Waals surface area contributed by atoms with Gasteiger partial charge in [0.25, 0.3) is 0 Å². The normalized spacial score (nSPS) is 21.4. The topological polar surface area (TPSA) is 40.1 Å². The molecule has 3 rings (SSSR count). The van der Waals surface area contributed by atoms with Crippen LogP contribution in [0.25, 0.3) is 0 Å². The van der Waals surface area contributed by atoms with Crippen molar-refractivity contribution in [3.63, 3.8) is 0 Å². The van der Waals surface area contributed by atoms with Gasteiger partial charge >= 0.3 is 0 Å². The van der Waals surface area contributed by atoms with E-state index in [-0.39, 0.29) is 24.0 Å². The fourth-order valence-electron chi connectivity index (χ4n) is 4.44. The molecule has 2 fully saturated rings. The number of halogens is 1. The molecule has 1 aromatic carbocycles. The molecule has 0 spiro atoms. The molecule has 5 nitrogen and oxygen atoms in total. The van der Waals surface area contributed by atoms with E-state index >= 15 is 0 Å². The molecule has 2 saturated heterocycles. The molecule has 1 aromatic rings. The van der Waals surface area contributed by atoms with E-state index in [4.69, 9.17) is 9.73 Å².